The molecule has 0 aliphatic carbocycles. The van der Waals surface area contributed by atoms with Crippen LogP contribution in [0, 0.1) is 5.82 Å². The van der Waals surface area contributed by atoms with Gasteiger partial charge in [-0.15, -0.1) is 0 Å². The largest absolute Gasteiger partial charge is 0.478 e. The fraction of sp³-hybridized carbons (Fsp3) is 0.0667. The summed E-state index contributed by atoms with van der Waals surface area (Å²) in [4.78, 5) is 22.5. The first-order valence-corrected chi connectivity index (χ1v) is 6.37. The summed E-state index contributed by atoms with van der Waals surface area (Å²) in [5.74, 6) is -2.17. The predicted molar refractivity (Wildman–Crippen MR) is 78.1 cm³/mol. The number of carboxylic acids is 1. The van der Waals surface area contributed by atoms with Crippen LogP contribution in [-0.4, -0.2) is 16.9 Å². The van der Waals surface area contributed by atoms with Crippen molar-refractivity contribution in [1.82, 2.24) is 0 Å². The molecular weight excluding hydrogens is 297 g/mol. The summed E-state index contributed by atoms with van der Waals surface area (Å²) in [6.45, 7) is 1.39. The van der Waals surface area contributed by atoms with E-state index >= 15 is 0 Å². The number of carbonyl (C=O) groups is 2. The van der Waals surface area contributed by atoms with Gasteiger partial charge in [-0.05, 0) is 37.3 Å². The van der Waals surface area contributed by atoms with Gasteiger partial charge in [0.1, 0.15) is 5.82 Å². The van der Waals surface area contributed by atoms with Crippen LogP contribution in [0.5, 0.6) is 0 Å². The first-order chi connectivity index (χ1) is 9.90. The Kier molecular flexibility index (Phi) is 4.23. The molecule has 0 aliphatic heterocycles. The maximum atomic E-state index is 13.9. The summed E-state index contributed by atoms with van der Waals surface area (Å²) in [7, 11) is 0. The summed E-state index contributed by atoms with van der Waals surface area (Å²) in [6, 6.07) is 8.19. The van der Waals surface area contributed by atoms with E-state index in [2.05, 4.69) is 5.32 Å². The molecule has 0 radical (unpaired) electrons. The van der Waals surface area contributed by atoms with Gasteiger partial charge in [-0.3, -0.25) is 4.79 Å². The molecule has 0 atom stereocenters. The molecule has 4 nitrogen and oxygen atoms in total. The van der Waals surface area contributed by atoms with Crippen LogP contribution < -0.4 is 5.32 Å². The van der Waals surface area contributed by atoms with E-state index in [1.807, 2.05) is 0 Å². The molecule has 2 aromatic rings. The van der Waals surface area contributed by atoms with Crippen molar-refractivity contribution in [1.29, 1.82) is 0 Å². The Morgan fingerprint density at radius 1 is 1.24 bits per heavy atom. The van der Waals surface area contributed by atoms with Crippen molar-refractivity contribution in [3.63, 3.8) is 0 Å². The molecule has 0 spiro atoms. The molecule has 2 N–H and O–H groups in total. The van der Waals surface area contributed by atoms with Gasteiger partial charge >= 0.3 is 5.97 Å². The molecule has 0 saturated heterocycles. The molecule has 2 rings (SSSR count). The zero-order valence-electron chi connectivity index (χ0n) is 11.0. The van der Waals surface area contributed by atoms with Crippen LogP contribution in [-0.2, 0) is 0 Å². The van der Waals surface area contributed by atoms with E-state index in [1.165, 1.54) is 37.3 Å². The van der Waals surface area contributed by atoms with E-state index < -0.39 is 11.8 Å². The summed E-state index contributed by atoms with van der Waals surface area (Å²) < 4.78 is 13.9. The number of benzene rings is 2. The molecule has 108 valence electrons. The second kappa shape index (κ2) is 5.93. The molecule has 0 aromatic heterocycles. The fourth-order valence-electron chi connectivity index (χ4n) is 1.80. The van der Waals surface area contributed by atoms with Crippen molar-refractivity contribution in [3.8, 4) is 0 Å². The van der Waals surface area contributed by atoms with Gasteiger partial charge < -0.3 is 10.4 Å². The van der Waals surface area contributed by atoms with Crippen molar-refractivity contribution in [2.24, 2.45) is 0 Å². The highest BCUT2D eigenvalue weighted by molar-refractivity contribution is 6.33. The number of aromatic carboxylic acids is 1. The Hall–Kier alpha value is -2.40. The summed E-state index contributed by atoms with van der Waals surface area (Å²) >= 11 is 5.99. The van der Waals surface area contributed by atoms with Gasteiger partial charge in [-0.1, -0.05) is 17.7 Å². The molecule has 0 aliphatic rings. The number of hydrogen-bond acceptors (Lipinski definition) is 3. The van der Waals surface area contributed by atoms with Crippen LogP contribution in [0.3, 0.4) is 0 Å². The normalized spacial score (nSPS) is 10.2. The van der Waals surface area contributed by atoms with E-state index in [0.717, 1.165) is 6.07 Å². The number of nitrogens with one attached hydrogen (secondary N) is 1. The monoisotopic (exact) mass is 307 g/mol. The molecule has 0 saturated carbocycles. The number of hydrogen-bond donors (Lipinski definition) is 2. The minimum Gasteiger partial charge on any atom is -0.478 e. The van der Waals surface area contributed by atoms with Gasteiger partial charge in [0, 0.05) is 5.56 Å². The number of rotatable bonds is 4. The van der Waals surface area contributed by atoms with Crippen LogP contribution in [0.2, 0.25) is 5.02 Å². The predicted octanol–water partition coefficient (Wildman–Crippen LogP) is 4.12. The molecule has 0 amide bonds. The summed E-state index contributed by atoms with van der Waals surface area (Å²) in [6.07, 6.45) is 0. The van der Waals surface area contributed by atoms with Gasteiger partial charge in [0.25, 0.3) is 0 Å². The molecule has 0 fully saturated rings. The van der Waals surface area contributed by atoms with Crippen LogP contribution >= 0.6 is 11.6 Å². The Labute approximate surface area is 125 Å². The molecular formula is C15H11ClFNO3. The second-order valence-corrected chi connectivity index (χ2v) is 4.75. The number of carbonyl (C=O) groups excluding carboxylic acids is 1. The molecule has 2 aromatic carbocycles. The highest BCUT2D eigenvalue weighted by Crippen LogP contribution is 2.30. The quantitative estimate of drug-likeness (QED) is 0.834. The van der Waals surface area contributed by atoms with Crippen molar-refractivity contribution >= 4 is 34.7 Å². The third kappa shape index (κ3) is 3.20. The third-order valence-electron chi connectivity index (χ3n) is 2.88. The van der Waals surface area contributed by atoms with Crippen molar-refractivity contribution in [2.75, 3.05) is 5.32 Å². The number of para-hydroxylation sites is 1. The minimum atomic E-state index is -1.27. The van der Waals surface area contributed by atoms with Gasteiger partial charge in [0.05, 0.1) is 22.0 Å². The van der Waals surface area contributed by atoms with Crippen molar-refractivity contribution in [3.05, 3.63) is 58.4 Å². The van der Waals surface area contributed by atoms with Crippen LogP contribution in [0.4, 0.5) is 15.8 Å². The molecule has 0 heterocycles. The maximum absolute atomic E-state index is 13.9. The van der Waals surface area contributed by atoms with E-state index in [1.54, 1.807) is 0 Å². The lowest BCUT2D eigenvalue weighted by Gasteiger charge is -2.12. The van der Waals surface area contributed by atoms with Crippen molar-refractivity contribution in [2.45, 2.75) is 6.92 Å². The Bertz CT molecular complexity index is 731. The van der Waals surface area contributed by atoms with E-state index in [9.17, 15) is 14.0 Å². The van der Waals surface area contributed by atoms with Gasteiger partial charge in [0.2, 0.25) is 0 Å². The zero-order chi connectivity index (χ0) is 15.6. The van der Waals surface area contributed by atoms with Crippen LogP contribution in [0.15, 0.2) is 36.4 Å². The van der Waals surface area contributed by atoms with Crippen LogP contribution in [0.25, 0.3) is 0 Å². The number of anilines is 2. The average Bonchev–Trinajstić information content (AvgIpc) is 2.42. The van der Waals surface area contributed by atoms with E-state index in [-0.39, 0.29) is 27.7 Å². The minimum absolute atomic E-state index is 0.179. The number of Topliss-reactive ketones (excluding diaryl/α,β-unsaturated/α-hetero) is 1. The summed E-state index contributed by atoms with van der Waals surface area (Å²) in [5.41, 5.74) is 0.221. The topological polar surface area (TPSA) is 66.4 Å². The Morgan fingerprint density at radius 3 is 2.57 bits per heavy atom. The van der Waals surface area contributed by atoms with Crippen LogP contribution in [0.1, 0.15) is 27.6 Å². The first-order valence-electron chi connectivity index (χ1n) is 5.99. The third-order valence-corrected chi connectivity index (χ3v) is 3.21. The van der Waals surface area contributed by atoms with E-state index in [0.29, 0.717) is 5.56 Å². The first kappa shape index (κ1) is 15.0. The SMILES string of the molecule is CC(=O)c1ccc(Cl)c(Nc2c(F)cccc2C(=O)O)c1. The maximum Gasteiger partial charge on any atom is 0.337 e. The molecule has 6 heteroatoms. The summed E-state index contributed by atoms with van der Waals surface area (Å²) in [5, 5.41) is 12.0. The van der Waals surface area contributed by atoms with Gasteiger partial charge in [-0.2, -0.15) is 0 Å². The lowest BCUT2D eigenvalue weighted by molar-refractivity contribution is 0.0697. The fourth-order valence-corrected chi connectivity index (χ4v) is 1.97. The van der Waals surface area contributed by atoms with E-state index in [4.69, 9.17) is 16.7 Å². The number of halogens is 2. The van der Waals surface area contributed by atoms with Gasteiger partial charge in [0.15, 0.2) is 5.78 Å². The van der Waals surface area contributed by atoms with Gasteiger partial charge in [-0.25, -0.2) is 9.18 Å². The average molecular weight is 308 g/mol. The smallest absolute Gasteiger partial charge is 0.337 e. The number of ketones is 1. The molecule has 21 heavy (non-hydrogen) atoms. The Balaban J connectivity index is 2.50. The molecule has 0 unspecified atom stereocenters. The lowest BCUT2D eigenvalue weighted by Crippen LogP contribution is -2.05. The highest BCUT2D eigenvalue weighted by Gasteiger charge is 2.16. The standard InChI is InChI=1S/C15H11ClFNO3/c1-8(19)9-5-6-11(16)13(7-9)18-14-10(15(20)21)3-2-4-12(14)17/h2-7,18H,1H3,(H,20,21). The highest BCUT2D eigenvalue weighted by atomic mass is 35.5. The lowest BCUT2D eigenvalue weighted by atomic mass is 10.1. The molecule has 0 bridgehead atoms. The number of carboxylic acid groups (broad SMARTS) is 1. The second-order valence-electron chi connectivity index (χ2n) is 4.34. The Morgan fingerprint density at radius 2 is 1.95 bits per heavy atom. The zero-order valence-corrected chi connectivity index (χ0v) is 11.7. The van der Waals surface area contributed by atoms with Crippen molar-refractivity contribution < 1.29 is 19.1 Å².